The Balaban J connectivity index is 2.48. The summed E-state index contributed by atoms with van der Waals surface area (Å²) in [5.74, 6) is -2.00. The lowest BCUT2D eigenvalue weighted by molar-refractivity contribution is -0.142. The Labute approximate surface area is 95.7 Å². The predicted molar refractivity (Wildman–Crippen MR) is 59.2 cm³/mol. The van der Waals surface area contributed by atoms with E-state index in [1.165, 1.54) is 0 Å². The number of hydrogen-bond acceptors (Lipinski definition) is 2. The van der Waals surface area contributed by atoms with Crippen molar-refractivity contribution in [2.45, 2.75) is 51.4 Å². The lowest BCUT2D eigenvalue weighted by Crippen LogP contribution is -2.18. The van der Waals surface area contributed by atoms with Crippen LogP contribution in [0.3, 0.4) is 0 Å². The molecule has 0 aliphatic heterocycles. The number of carboxylic acids is 2. The Morgan fingerprint density at radius 2 is 1.06 bits per heavy atom. The fourth-order valence-electron chi connectivity index (χ4n) is 2.35. The summed E-state index contributed by atoms with van der Waals surface area (Å²) in [4.78, 5) is 21.8. The van der Waals surface area contributed by atoms with Crippen LogP contribution in [0.1, 0.15) is 51.4 Å². The van der Waals surface area contributed by atoms with Crippen LogP contribution in [0.4, 0.5) is 0 Å². The number of hydrogen-bond donors (Lipinski definition) is 2. The SMILES string of the molecule is O=C(O)C1CCCCCC(C(=O)O)CCC1. The molecule has 1 rings (SSSR count). The molecule has 0 aromatic heterocycles. The summed E-state index contributed by atoms with van der Waals surface area (Å²) in [6.07, 6.45) is 6.21. The first-order chi connectivity index (χ1) is 7.61. The van der Waals surface area contributed by atoms with Crippen LogP contribution < -0.4 is 0 Å². The van der Waals surface area contributed by atoms with Crippen LogP contribution in [0.15, 0.2) is 0 Å². The van der Waals surface area contributed by atoms with Crippen LogP contribution in [0.2, 0.25) is 0 Å². The van der Waals surface area contributed by atoms with Gasteiger partial charge >= 0.3 is 11.9 Å². The summed E-state index contributed by atoms with van der Waals surface area (Å²) in [6, 6.07) is 0. The van der Waals surface area contributed by atoms with E-state index in [1.54, 1.807) is 0 Å². The minimum absolute atomic E-state index is 0.271. The first-order valence-corrected chi connectivity index (χ1v) is 6.07. The molecule has 0 amide bonds. The molecule has 4 nitrogen and oxygen atoms in total. The summed E-state index contributed by atoms with van der Waals surface area (Å²) in [5, 5.41) is 18.0. The lowest BCUT2D eigenvalue weighted by Gasteiger charge is -2.17. The summed E-state index contributed by atoms with van der Waals surface area (Å²) in [7, 11) is 0. The Morgan fingerprint density at radius 3 is 1.44 bits per heavy atom. The third-order valence-electron chi connectivity index (χ3n) is 3.41. The van der Waals surface area contributed by atoms with Crippen LogP contribution in [0, 0.1) is 11.8 Å². The van der Waals surface area contributed by atoms with E-state index in [-0.39, 0.29) is 11.8 Å². The molecule has 0 aromatic carbocycles. The van der Waals surface area contributed by atoms with Gasteiger partial charge in [0.05, 0.1) is 11.8 Å². The molecule has 2 atom stereocenters. The normalized spacial score (nSPS) is 28.2. The van der Waals surface area contributed by atoms with Gasteiger partial charge in [-0.05, 0) is 25.7 Å². The molecule has 1 aliphatic rings. The van der Waals surface area contributed by atoms with Gasteiger partial charge in [0.15, 0.2) is 0 Å². The fourth-order valence-corrected chi connectivity index (χ4v) is 2.35. The molecule has 4 heteroatoms. The van der Waals surface area contributed by atoms with Crippen molar-refractivity contribution in [3.8, 4) is 0 Å². The Hall–Kier alpha value is -1.06. The minimum atomic E-state index is -0.729. The van der Waals surface area contributed by atoms with Gasteiger partial charge in [0.25, 0.3) is 0 Å². The van der Waals surface area contributed by atoms with Crippen LogP contribution in [-0.2, 0) is 9.59 Å². The molecular weight excluding hydrogens is 208 g/mol. The Morgan fingerprint density at radius 1 is 0.688 bits per heavy atom. The Bertz CT molecular complexity index is 225. The second kappa shape index (κ2) is 6.51. The first kappa shape index (κ1) is 13.0. The minimum Gasteiger partial charge on any atom is -0.481 e. The lowest BCUT2D eigenvalue weighted by atomic mass is 9.88. The second-order valence-electron chi connectivity index (χ2n) is 4.64. The average Bonchev–Trinajstić information content (AvgIpc) is 2.24. The number of aliphatic carboxylic acids is 2. The van der Waals surface area contributed by atoms with Gasteiger partial charge in [-0.25, -0.2) is 0 Å². The Kier molecular flexibility index (Phi) is 5.29. The topological polar surface area (TPSA) is 74.6 Å². The van der Waals surface area contributed by atoms with E-state index in [2.05, 4.69) is 0 Å². The standard InChI is InChI=1S/C12H20O4/c13-11(14)9-5-2-1-3-6-10(12(15)16)8-4-7-9/h9-10H,1-8H2,(H,13,14)(H,15,16). The van der Waals surface area contributed by atoms with E-state index in [9.17, 15) is 9.59 Å². The molecule has 0 bridgehead atoms. The van der Waals surface area contributed by atoms with Gasteiger partial charge < -0.3 is 10.2 Å². The van der Waals surface area contributed by atoms with Crippen molar-refractivity contribution in [3.05, 3.63) is 0 Å². The van der Waals surface area contributed by atoms with Crippen LogP contribution in [-0.4, -0.2) is 22.2 Å². The number of carbonyl (C=O) groups is 2. The molecule has 1 saturated carbocycles. The van der Waals surface area contributed by atoms with Crippen molar-refractivity contribution in [2.24, 2.45) is 11.8 Å². The van der Waals surface area contributed by atoms with Gasteiger partial charge in [0.1, 0.15) is 0 Å². The summed E-state index contributed by atoms with van der Waals surface area (Å²) < 4.78 is 0. The van der Waals surface area contributed by atoms with Crippen molar-refractivity contribution in [1.82, 2.24) is 0 Å². The maximum absolute atomic E-state index is 10.9. The van der Waals surface area contributed by atoms with Gasteiger partial charge in [-0.15, -0.1) is 0 Å². The summed E-state index contributed by atoms with van der Waals surface area (Å²) >= 11 is 0. The maximum Gasteiger partial charge on any atom is 0.306 e. The molecule has 0 aromatic rings. The van der Waals surface area contributed by atoms with Crippen LogP contribution in [0.5, 0.6) is 0 Å². The van der Waals surface area contributed by atoms with E-state index >= 15 is 0 Å². The number of carboxylic acid groups (broad SMARTS) is 2. The predicted octanol–water partition coefficient (Wildman–Crippen LogP) is 2.52. The molecule has 0 spiro atoms. The third kappa shape index (κ3) is 4.21. The van der Waals surface area contributed by atoms with Gasteiger partial charge in [0.2, 0.25) is 0 Å². The largest absolute Gasteiger partial charge is 0.481 e. The third-order valence-corrected chi connectivity index (χ3v) is 3.41. The summed E-state index contributed by atoms with van der Waals surface area (Å²) in [6.45, 7) is 0. The highest BCUT2D eigenvalue weighted by molar-refractivity contribution is 5.70. The van der Waals surface area contributed by atoms with E-state index < -0.39 is 11.9 Å². The smallest absolute Gasteiger partial charge is 0.306 e. The van der Waals surface area contributed by atoms with E-state index in [4.69, 9.17) is 10.2 Å². The highest BCUT2D eigenvalue weighted by Gasteiger charge is 2.22. The fraction of sp³-hybridized carbons (Fsp3) is 0.833. The van der Waals surface area contributed by atoms with Crippen molar-refractivity contribution in [2.75, 3.05) is 0 Å². The monoisotopic (exact) mass is 228 g/mol. The van der Waals surface area contributed by atoms with Gasteiger partial charge in [0, 0.05) is 0 Å². The maximum atomic E-state index is 10.9. The van der Waals surface area contributed by atoms with Gasteiger partial charge in [-0.2, -0.15) is 0 Å². The van der Waals surface area contributed by atoms with Crippen molar-refractivity contribution in [3.63, 3.8) is 0 Å². The molecular formula is C12H20O4. The van der Waals surface area contributed by atoms with E-state index in [1.807, 2.05) is 0 Å². The van der Waals surface area contributed by atoms with E-state index in [0.717, 1.165) is 32.1 Å². The molecule has 0 heterocycles. The molecule has 0 saturated heterocycles. The average molecular weight is 228 g/mol. The highest BCUT2D eigenvalue weighted by atomic mass is 16.4. The zero-order chi connectivity index (χ0) is 12.0. The number of rotatable bonds is 2. The van der Waals surface area contributed by atoms with Crippen LogP contribution >= 0.6 is 0 Å². The van der Waals surface area contributed by atoms with Crippen LogP contribution in [0.25, 0.3) is 0 Å². The molecule has 92 valence electrons. The molecule has 1 aliphatic carbocycles. The molecule has 1 fully saturated rings. The molecule has 2 unspecified atom stereocenters. The quantitative estimate of drug-likeness (QED) is 0.761. The van der Waals surface area contributed by atoms with Crippen molar-refractivity contribution < 1.29 is 19.8 Å². The zero-order valence-corrected chi connectivity index (χ0v) is 9.52. The zero-order valence-electron chi connectivity index (χ0n) is 9.52. The first-order valence-electron chi connectivity index (χ1n) is 6.07. The van der Waals surface area contributed by atoms with Gasteiger partial charge in [-0.3, -0.25) is 9.59 Å². The molecule has 16 heavy (non-hydrogen) atoms. The van der Waals surface area contributed by atoms with Crippen molar-refractivity contribution >= 4 is 11.9 Å². The highest BCUT2D eigenvalue weighted by Crippen LogP contribution is 2.24. The summed E-state index contributed by atoms with van der Waals surface area (Å²) in [5.41, 5.74) is 0. The van der Waals surface area contributed by atoms with Crippen molar-refractivity contribution in [1.29, 1.82) is 0 Å². The molecule has 2 N–H and O–H groups in total. The van der Waals surface area contributed by atoms with E-state index in [0.29, 0.717) is 19.3 Å². The second-order valence-corrected chi connectivity index (χ2v) is 4.64. The molecule has 0 radical (unpaired) electrons. The van der Waals surface area contributed by atoms with Gasteiger partial charge in [-0.1, -0.05) is 25.7 Å².